The molecular weight excluding hydrogens is 517 g/mol. The number of aromatic nitrogens is 4. The van der Waals surface area contributed by atoms with Crippen LogP contribution in [0.1, 0.15) is 25.5 Å². The number of hydrogen-bond donors (Lipinski definition) is 3. The number of aliphatic hydroxyl groups excluding tert-OH is 1. The number of nitrogens with zero attached hydrogens (tertiary/aromatic N) is 5. The SMILES string of the molecule is C[C@H](O)C(=O)N1CCC(NCc2nc3c(-c4cnc5ccc(F)cc5c4)cnn3c(N)c2Br)CC1. The second-order valence-electron chi connectivity index (χ2n) is 8.77. The van der Waals surface area contributed by atoms with E-state index in [9.17, 15) is 14.3 Å². The molecule has 182 valence electrons. The number of rotatable bonds is 5. The number of anilines is 1. The molecule has 1 atom stereocenters. The molecule has 0 aliphatic carbocycles. The second-order valence-corrected chi connectivity index (χ2v) is 9.56. The van der Waals surface area contributed by atoms with E-state index in [0.717, 1.165) is 29.7 Å². The zero-order valence-corrected chi connectivity index (χ0v) is 20.7. The molecule has 1 aromatic carbocycles. The molecule has 0 saturated carbocycles. The van der Waals surface area contributed by atoms with Crippen LogP contribution in [0, 0.1) is 5.82 Å². The van der Waals surface area contributed by atoms with Crippen LogP contribution in [0.25, 0.3) is 27.7 Å². The molecule has 0 unspecified atom stereocenters. The van der Waals surface area contributed by atoms with Crippen LogP contribution in [0.4, 0.5) is 10.2 Å². The third-order valence-corrected chi connectivity index (χ3v) is 7.23. The quantitative estimate of drug-likeness (QED) is 0.355. The molecule has 0 bridgehead atoms. The number of nitrogens with one attached hydrogen (secondary N) is 1. The Bertz CT molecular complexity index is 1420. The van der Waals surface area contributed by atoms with E-state index in [1.807, 2.05) is 6.07 Å². The number of halogens is 2. The lowest BCUT2D eigenvalue weighted by atomic mass is 10.0. The normalized spacial score (nSPS) is 15.7. The standard InChI is InChI=1S/C24H25BrFN7O2/c1-13(34)24(35)32-6-4-17(5-7-32)28-12-20-21(25)22(27)33-23(31-20)18(11-30-33)15-8-14-9-16(26)2-3-19(14)29-10-15/h2-3,8-11,13,17,28,34H,4-7,12,27H2,1H3/t13-/m0/s1. The maximum absolute atomic E-state index is 13.7. The molecule has 1 aliphatic heterocycles. The molecule has 35 heavy (non-hydrogen) atoms. The molecule has 4 N–H and O–H groups in total. The Morgan fingerprint density at radius 2 is 2.09 bits per heavy atom. The van der Waals surface area contributed by atoms with Gasteiger partial charge in [-0.3, -0.25) is 9.78 Å². The van der Waals surface area contributed by atoms with E-state index in [4.69, 9.17) is 10.7 Å². The molecule has 0 radical (unpaired) electrons. The molecule has 11 heteroatoms. The lowest BCUT2D eigenvalue weighted by Gasteiger charge is -2.33. The summed E-state index contributed by atoms with van der Waals surface area (Å²) in [5.74, 6) is -0.127. The van der Waals surface area contributed by atoms with Gasteiger partial charge in [0.15, 0.2) is 5.65 Å². The minimum atomic E-state index is -0.976. The highest BCUT2D eigenvalue weighted by Crippen LogP contribution is 2.31. The van der Waals surface area contributed by atoms with Gasteiger partial charge in [-0.05, 0) is 60.0 Å². The second kappa shape index (κ2) is 9.48. The van der Waals surface area contributed by atoms with E-state index in [0.29, 0.717) is 46.5 Å². The zero-order chi connectivity index (χ0) is 24.7. The van der Waals surface area contributed by atoms with Crippen molar-refractivity contribution < 1.29 is 14.3 Å². The number of fused-ring (bicyclic) bond motifs is 2. The highest BCUT2D eigenvalue weighted by Gasteiger charge is 2.25. The Balaban J connectivity index is 1.38. The average molecular weight is 542 g/mol. The number of nitrogens with two attached hydrogens (primary N) is 1. The number of benzene rings is 1. The van der Waals surface area contributed by atoms with E-state index >= 15 is 0 Å². The summed E-state index contributed by atoms with van der Waals surface area (Å²) in [6.45, 7) is 3.16. The fraction of sp³-hybridized carbons (Fsp3) is 0.333. The highest BCUT2D eigenvalue weighted by atomic mass is 79.9. The Morgan fingerprint density at radius 3 is 2.83 bits per heavy atom. The predicted molar refractivity (Wildman–Crippen MR) is 134 cm³/mol. The van der Waals surface area contributed by atoms with Crippen molar-refractivity contribution in [3.63, 3.8) is 0 Å². The monoisotopic (exact) mass is 541 g/mol. The summed E-state index contributed by atoms with van der Waals surface area (Å²) in [7, 11) is 0. The minimum Gasteiger partial charge on any atom is -0.384 e. The van der Waals surface area contributed by atoms with Gasteiger partial charge >= 0.3 is 0 Å². The number of amides is 1. The van der Waals surface area contributed by atoms with Crippen molar-refractivity contribution in [2.24, 2.45) is 0 Å². The first-order valence-corrected chi connectivity index (χ1v) is 12.2. The third-order valence-electron chi connectivity index (χ3n) is 6.37. The van der Waals surface area contributed by atoms with Crippen LogP contribution in [-0.4, -0.2) is 60.7 Å². The van der Waals surface area contributed by atoms with Crippen LogP contribution >= 0.6 is 15.9 Å². The summed E-state index contributed by atoms with van der Waals surface area (Å²) < 4.78 is 16.0. The van der Waals surface area contributed by atoms with Gasteiger partial charge in [-0.2, -0.15) is 9.61 Å². The molecule has 1 fully saturated rings. The number of carbonyl (C=O) groups is 1. The maximum atomic E-state index is 13.7. The highest BCUT2D eigenvalue weighted by molar-refractivity contribution is 9.10. The van der Waals surface area contributed by atoms with Gasteiger partial charge in [0.05, 0.1) is 21.9 Å². The smallest absolute Gasteiger partial charge is 0.251 e. The molecule has 9 nitrogen and oxygen atoms in total. The Morgan fingerprint density at radius 1 is 1.31 bits per heavy atom. The number of piperidine rings is 1. The van der Waals surface area contributed by atoms with E-state index in [1.165, 1.54) is 19.1 Å². The van der Waals surface area contributed by atoms with Gasteiger partial charge in [0, 0.05) is 48.4 Å². The van der Waals surface area contributed by atoms with Gasteiger partial charge in [-0.15, -0.1) is 0 Å². The van der Waals surface area contributed by atoms with Crippen molar-refractivity contribution in [1.29, 1.82) is 0 Å². The molecular formula is C24H25BrFN7O2. The summed E-state index contributed by atoms with van der Waals surface area (Å²) >= 11 is 3.55. The summed E-state index contributed by atoms with van der Waals surface area (Å²) in [4.78, 5) is 23.0. The van der Waals surface area contributed by atoms with Gasteiger partial charge < -0.3 is 21.1 Å². The Kier molecular flexibility index (Phi) is 6.39. The topological polar surface area (TPSA) is 122 Å². The van der Waals surface area contributed by atoms with Crippen molar-refractivity contribution in [3.05, 3.63) is 52.6 Å². The fourth-order valence-corrected chi connectivity index (χ4v) is 4.82. The molecule has 1 amide bonds. The molecule has 4 aromatic rings. The average Bonchev–Trinajstić information content (AvgIpc) is 3.28. The largest absolute Gasteiger partial charge is 0.384 e. The molecule has 1 aliphatic rings. The lowest BCUT2D eigenvalue weighted by Crippen LogP contribution is -2.47. The molecule has 5 rings (SSSR count). The van der Waals surface area contributed by atoms with Gasteiger partial charge in [0.1, 0.15) is 17.7 Å². The van der Waals surface area contributed by atoms with E-state index < -0.39 is 6.10 Å². The lowest BCUT2D eigenvalue weighted by molar-refractivity contribution is -0.140. The van der Waals surface area contributed by atoms with Gasteiger partial charge in [0.2, 0.25) is 0 Å². The number of nitrogen functional groups attached to an aromatic ring is 1. The first-order valence-electron chi connectivity index (χ1n) is 11.4. The summed E-state index contributed by atoms with van der Waals surface area (Å²) in [6.07, 6.45) is 3.99. The minimum absolute atomic E-state index is 0.211. The number of carbonyl (C=O) groups excluding carboxylic acids is 1. The van der Waals surface area contributed by atoms with Crippen molar-refractivity contribution >= 4 is 44.2 Å². The van der Waals surface area contributed by atoms with E-state index in [-0.39, 0.29) is 17.8 Å². The number of aliphatic hydroxyl groups is 1. The predicted octanol–water partition coefficient (Wildman–Crippen LogP) is 2.89. The van der Waals surface area contributed by atoms with Crippen LogP contribution in [0.2, 0.25) is 0 Å². The van der Waals surface area contributed by atoms with E-state index in [1.54, 1.807) is 27.9 Å². The third kappa shape index (κ3) is 4.58. The first kappa shape index (κ1) is 23.6. The molecule has 1 saturated heterocycles. The number of likely N-dealkylation sites (tertiary alicyclic amines) is 1. The first-order chi connectivity index (χ1) is 16.8. The number of pyridine rings is 1. The summed E-state index contributed by atoms with van der Waals surface area (Å²) in [5.41, 5.74) is 9.89. The van der Waals surface area contributed by atoms with E-state index in [2.05, 4.69) is 31.3 Å². The number of hydrogen-bond acceptors (Lipinski definition) is 7. The van der Waals surface area contributed by atoms with Crippen LogP contribution in [-0.2, 0) is 11.3 Å². The van der Waals surface area contributed by atoms with Crippen LogP contribution in [0.3, 0.4) is 0 Å². The molecule has 4 heterocycles. The molecule has 0 spiro atoms. The van der Waals surface area contributed by atoms with Gasteiger partial charge in [0.25, 0.3) is 5.91 Å². The van der Waals surface area contributed by atoms with Crippen molar-refractivity contribution in [2.45, 2.75) is 38.5 Å². The van der Waals surface area contributed by atoms with Crippen LogP contribution in [0.15, 0.2) is 41.1 Å². The summed E-state index contributed by atoms with van der Waals surface area (Å²) in [5, 5.41) is 18.1. The van der Waals surface area contributed by atoms with Crippen LogP contribution in [0.5, 0.6) is 0 Å². The molecule has 3 aromatic heterocycles. The fourth-order valence-electron chi connectivity index (χ4n) is 4.42. The van der Waals surface area contributed by atoms with Gasteiger partial charge in [-0.25, -0.2) is 9.37 Å². The summed E-state index contributed by atoms with van der Waals surface area (Å²) in [6, 6.07) is 6.56. The maximum Gasteiger partial charge on any atom is 0.251 e. The van der Waals surface area contributed by atoms with Crippen molar-refractivity contribution in [3.8, 4) is 11.1 Å². The van der Waals surface area contributed by atoms with Gasteiger partial charge in [-0.1, -0.05) is 0 Å². The Hall–Kier alpha value is -3.15. The zero-order valence-electron chi connectivity index (χ0n) is 19.1. The van der Waals surface area contributed by atoms with Crippen LogP contribution < -0.4 is 11.1 Å². The van der Waals surface area contributed by atoms with Crippen molar-refractivity contribution in [1.82, 2.24) is 29.8 Å². The van der Waals surface area contributed by atoms with Crippen molar-refractivity contribution in [2.75, 3.05) is 18.8 Å². The Labute approximate surface area is 209 Å².